The molecular weight excluding hydrogens is 462 g/mol. The zero-order chi connectivity index (χ0) is 24.4. The third-order valence-corrected chi connectivity index (χ3v) is 7.71. The van der Waals surface area contributed by atoms with Crippen LogP contribution in [0.5, 0.6) is 11.5 Å². The lowest BCUT2D eigenvalue weighted by molar-refractivity contribution is -0.145. The van der Waals surface area contributed by atoms with Crippen LogP contribution in [0.4, 0.5) is 0 Å². The van der Waals surface area contributed by atoms with E-state index in [1.54, 1.807) is 11.8 Å². The van der Waals surface area contributed by atoms with E-state index in [1.165, 1.54) is 0 Å². The number of rotatable bonds is 7. The Morgan fingerprint density at radius 1 is 1.09 bits per heavy atom. The number of fused-ring (bicyclic) bond motifs is 1. The van der Waals surface area contributed by atoms with E-state index in [9.17, 15) is 9.59 Å². The molecule has 0 fully saturated rings. The normalized spacial score (nSPS) is 23.1. The van der Waals surface area contributed by atoms with Crippen molar-refractivity contribution in [2.75, 3.05) is 24.9 Å². The van der Waals surface area contributed by atoms with Gasteiger partial charge in [0.2, 0.25) is 6.79 Å². The smallest absolute Gasteiger partial charge is 0.315 e. The fourth-order valence-electron chi connectivity index (χ4n) is 5.23. The summed E-state index contributed by atoms with van der Waals surface area (Å²) < 4.78 is 16.8. The second-order valence-electron chi connectivity index (χ2n) is 8.99. The van der Waals surface area contributed by atoms with Crippen LogP contribution in [-0.4, -0.2) is 42.4 Å². The Morgan fingerprint density at radius 3 is 2.69 bits per heavy atom. The molecule has 6 nitrogen and oxygen atoms in total. The number of carbonyl (C=O) groups excluding carboxylic acids is 2. The number of esters is 1. The van der Waals surface area contributed by atoms with Gasteiger partial charge >= 0.3 is 5.97 Å². The van der Waals surface area contributed by atoms with E-state index in [0.717, 1.165) is 28.3 Å². The molecule has 0 radical (unpaired) electrons. The molecule has 0 saturated heterocycles. The van der Waals surface area contributed by atoms with Crippen LogP contribution in [0.15, 0.2) is 64.8 Å². The van der Waals surface area contributed by atoms with E-state index in [4.69, 9.17) is 19.2 Å². The van der Waals surface area contributed by atoms with Crippen molar-refractivity contribution in [3.8, 4) is 11.5 Å². The van der Waals surface area contributed by atoms with Crippen LogP contribution in [0, 0.1) is 5.92 Å². The lowest BCUT2D eigenvalue weighted by Crippen LogP contribution is -2.38. The van der Waals surface area contributed by atoms with Crippen molar-refractivity contribution in [2.24, 2.45) is 10.9 Å². The number of carbonyl (C=O) groups is 2. The van der Waals surface area contributed by atoms with Gasteiger partial charge in [0, 0.05) is 35.1 Å². The van der Waals surface area contributed by atoms with Crippen LogP contribution in [0.25, 0.3) is 0 Å². The molecule has 0 amide bonds. The molecule has 3 atom stereocenters. The first kappa shape index (κ1) is 23.7. The third kappa shape index (κ3) is 4.74. The lowest BCUT2D eigenvalue weighted by atomic mass is 9.69. The van der Waals surface area contributed by atoms with E-state index in [2.05, 4.69) is 19.1 Å². The summed E-state index contributed by atoms with van der Waals surface area (Å²) in [5.74, 6) is 1.66. The quantitative estimate of drug-likeness (QED) is 0.387. The molecule has 182 valence electrons. The van der Waals surface area contributed by atoms with Crippen molar-refractivity contribution in [3.63, 3.8) is 0 Å². The van der Waals surface area contributed by atoms with Crippen LogP contribution in [0.1, 0.15) is 49.7 Å². The number of Topliss-reactive ketones (excluding diaryl/α,β-unsaturated/α-hetero) is 1. The minimum Gasteiger partial charge on any atom is -0.464 e. The van der Waals surface area contributed by atoms with Crippen molar-refractivity contribution in [1.82, 2.24) is 0 Å². The summed E-state index contributed by atoms with van der Waals surface area (Å²) in [7, 11) is 0. The van der Waals surface area contributed by atoms with Crippen LogP contribution >= 0.6 is 11.8 Å². The maximum atomic E-state index is 13.7. The number of allylic oxidation sites excluding steroid dienone is 2. The molecule has 0 aromatic heterocycles. The summed E-state index contributed by atoms with van der Waals surface area (Å²) in [6.45, 7) is 4.44. The molecule has 1 unspecified atom stereocenters. The average molecular weight is 492 g/mol. The van der Waals surface area contributed by atoms with Gasteiger partial charge in [-0.05, 0) is 48.3 Å². The minimum atomic E-state index is -0.655. The first-order valence-corrected chi connectivity index (χ1v) is 13.2. The topological polar surface area (TPSA) is 74.2 Å². The van der Waals surface area contributed by atoms with E-state index in [-0.39, 0.29) is 24.5 Å². The molecule has 2 aliphatic heterocycles. The SMILES string of the molecule is CCSCCOC(=O)C1C(C)=NC2=C(C(=O)C[C@H](c3ccccc3)C2)[C@H]1c1ccc2c(c1)OCO2. The molecule has 2 aromatic rings. The second kappa shape index (κ2) is 10.3. The number of nitrogens with zero attached hydrogens (tertiary/aromatic N) is 1. The molecule has 35 heavy (non-hydrogen) atoms. The average Bonchev–Trinajstić information content (AvgIpc) is 3.34. The Bertz CT molecular complexity index is 1190. The Balaban J connectivity index is 1.52. The number of thioether (sulfide) groups is 1. The van der Waals surface area contributed by atoms with Crippen LogP contribution < -0.4 is 9.47 Å². The minimum absolute atomic E-state index is 0.0401. The maximum absolute atomic E-state index is 13.7. The third-order valence-electron chi connectivity index (χ3n) is 6.85. The first-order valence-electron chi connectivity index (χ1n) is 12.1. The number of ether oxygens (including phenoxy) is 3. The molecule has 5 rings (SSSR count). The lowest BCUT2D eigenvalue weighted by Gasteiger charge is -2.36. The van der Waals surface area contributed by atoms with Crippen LogP contribution in [-0.2, 0) is 14.3 Å². The van der Waals surface area contributed by atoms with Gasteiger partial charge in [0.25, 0.3) is 0 Å². The molecule has 1 aliphatic carbocycles. The van der Waals surface area contributed by atoms with E-state index >= 15 is 0 Å². The number of benzene rings is 2. The number of ketones is 1. The maximum Gasteiger partial charge on any atom is 0.315 e. The van der Waals surface area contributed by atoms with Crippen LogP contribution in [0.2, 0.25) is 0 Å². The van der Waals surface area contributed by atoms with Crippen molar-refractivity contribution in [3.05, 3.63) is 70.9 Å². The number of aliphatic imine (C=N–C) groups is 1. The summed E-state index contributed by atoms with van der Waals surface area (Å²) >= 11 is 1.72. The van der Waals surface area contributed by atoms with Gasteiger partial charge in [-0.3, -0.25) is 14.6 Å². The predicted molar refractivity (Wildman–Crippen MR) is 136 cm³/mol. The van der Waals surface area contributed by atoms with Gasteiger partial charge in [-0.25, -0.2) is 0 Å². The summed E-state index contributed by atoms with van der Waals surface area (Å²) in [6, 6.07) is 15.8. The Hall–Kier alpha value is -3.06. The number of hydrogen-bond acceptors (Lipinski definition) is 7. The van der Waals surface area contributed by atoms with Crippen molar-refractivity contribution in [1.29, 1.82) is 0 Å². The molecule has 2 heterocycles. The monoisotopic (exact) mass is 491 g/mol. The standard InChI is InChI=1S/C28H29NO5S/c1-3-35-12-11-32-28(31)25-17(2)29-21-13-20(18-7-5-4-6-8-18)14-22(30)27(21)26(25)19-9-10-23-24(15-19)34-16-33-23/h4-10,15,20,25-26H,3,11-14,16H2,1-2H3/t20-,25?,26+/m1/s1. The van der Waals surface area contributed by atoms with Crippen molar-refractivity contribution >= 4 is 29.2 Å². The van der Waals surface area contributed by atoms with Gasteiger partial charge < -0.3 is 14.2 Å². The molecular formula is C28H29NO5S. The van der Waals surface area contributed by atoms with Gasteiger partial charge in [-0.1, -0.05) is 43.3 Å². The van der Waals surface area contributed by atoms with Crippen LogP contribution in [0.3, 0.4) is 0 Å². The van der Waals surface area contributed by atoms with Crippen molar-refractivity contribution < 1.29 is 23.8 Å². The van der Waals surface area contributed by atoms with E-state index < -0.39 is 11.8 Å². The largest absolute Gasteiger partial charge is 0.464 e. The fraction of sp³-hybridized carbons (Fsp3) is 0.393. The summed E-state index contributed by atoms with van der Waals surface area (Å²) in [5.41, 5.74) is 4.07. The molecule has 0 spiro atoms. The number of hydrogen-bond donors (Lipinski definition) is 0. The molecule has 7 heteroatoms. The molecule has 0 saturated carbocycles. The Labute approximate surface area is 209 Å². The summed E-state index contributed by atoms with van der Waals surface area (Å²) in [6.07, 6.45) is 1.06. The summed E-state index contributed by atoms with van der Waals surface area (Å²) in [4.78, 5) is 31.9. The highest BCUT2D eigenvalue weighted by atomic mass is 32.2. The highest BCUT2D eigenvalue weighted by Crippen LogP contribution is 2.48. The second-order valence-corrected chi connectivity index (χ2v) is 10.4. The highest BCUT2D eigenvalue weighted by molar-refractivity contribution is 7.99. The van der Waals surface area contributed by atoms with Gasteiger partial charge in [-0.2, -0.15) is 11.8 Å². The van der Waals surface area contributed by atoms with Gasteiger partial charge in [0.05, 0.1) is 0 Å². The fourth-order valence-corrected chi connectivity index (χ4v) is 5.72. The Kier molecular flexibility index (Phi) is 6.95. The molecule has 2 aromatic carbocycles. The Morgan fingerprint density at radius 2 is 1.89 bits per heavy atom. The van der Waals surface area contributed by atoms with Gasteiger partial charge in [0.1, 0.15) is 12.5 Å². The van der Waals surface area contributed by atoms with Crippen molar-refractivity contribution in [2.45, 2.75) is 38.5 Å². The van der Waals surface area contributed by atoms with E-state index in [1.807, 2.05) is 43.3 Å². The zero-order valence-electron chi connectivity index (χ0n) is 20.0. The predicted octanol–water partition coefficient (Wildman–Crippen LogP) is 5.29. The molecule has 0 bridgehead atoms. The molecule has 3 aliphatic rings. The highest BCUT2D eigenvalue weighted by Gasteiger charge is 2.45. The zero-order valence-corrected chi connectivity index (χ0v) is 20.8. The molecule has 0 N–H and O–H groups in total. The first-order chi connectivity index (χ1) is 17.1. The summed E-state index contributed by atoms with van der Waals surface area (Å²) in [5, 5.41) is 0. The van der Waals surface area contributed by atoms with Gasteiger partial charge in [0.15, 0.2) is 17.3 Å². The van der Waals surface area contributed by atoms with E-state index in [0.29, 0.717) is 42.2 Å². The van der Waals surface area contributed by atoms with Gasteiger partial charge in [-0.15, -0.1) is 0 Å².